The largest absolute Gasteiger partial charge is 0.477 e. The topological polar surface area (TPSA) is 244 Å². The number of aromatic carboxylic acids is 1. The number of carboxylic acids is 1. The lowest BCUT2D eigenvalue weighted by atomic mass is 9.86. The van der Waals surface area contributed by atoms with Crippen LogP contribution in [0.4, 0.5) is 26.3 Å². The Morgan fingerprint density at radius 1 is 0.543 bits per heavy atom. The van der Waals surface area contributed by atoms with Crippen molar-refractivity contribution in [1.29, 1.82) is 0 Å². The Bertz CT molecular complexity index is 3920. The average Bonchev–Trinajstić information content (AvgIpc) is 1.60. The number of ether oxygens (including phenoxy) is 5. The van der Waals surface area contributed by atoms with Gasteiger partial charge in [0.05, 0.1) is 62.9 Å². The molecule has 3 aromatic heterocycles. The predicted molar refractivity (Wildman–Crippen MR) is 372 cm³/mol. The molecule has 560 valence electrons. The first kappa shape index (κ1) is 76.1. The lowest BCUT2D eigenvalue weighted by Crippen LogP contribution is -2.50. The van der Waals surface area contributed by atoms with Gasteiger partial charge in [-0.3, -0.25) is 24.2 Å². The Labute approximate surface area is 605 Å². The molecule has 6 saturated heterocycles. The maximum absolute atomic E-state index is 13.6. The first-order chi connectivity index (χ1) is 50.5. The van der Waals surface area contributed by atoms with Gasteiger partial charge in [0, 0.05) is 105 Å². The normalized spacial score (nSPS) is 25.4. The number of nitrogens with one attached hydrogen (secondary N) is 2. The number of halogens is 6. The summed E-state index contributed by atoms with van der Waals surface area (Å²) in [6.45, 7) is 7.64. The zero-order valence-electron chi connectivity index (χ0n) is 58.7. The SMILES string of the molecule is COC(=O)c1ccc(C=O)cn1.COC(=O)c1ccc(CN2CCC3(CC2)CC(N(C(=O)C(F)(F)F)[C@@H]2C[C@H]2c2ccccc2)CO3)cn1.O=C(N(C1COC2(CCNCC2)C1)[C@@H]1C[C@H]1c1ccccc1)C(F)(F)F.O=C(O)c1ccc(CN2CCC3(CC2)CC(N[C@@H]2C[C@H]2c2ccccc2)CO3)cn1. The van der Waals surface area contributed by atoms with Crippen LogP contribution in [0.1, 0.15) is 164 Å². The third kappa shape index (κ3) is 19.2. The number of aldehydes is 1. The Morgan fingerprint density at radius 3 is 1.35 bits per heavy atom. The lowest BCUT2D eigenvalue weighted by molar-refractivity contribution is -0.188. The highest BCUT2D eigenvalue weighted by Crippen LogP contribution is 2.51. The molecule has 27 heteroatoms. The van der Waals surface area contributed by atoms with Gasteiger partial charge in [0.15, 0.2) is 6.29 Å². The summed E-state index contributed by atoms with van der Waals surface area (Å²) in [5.74, 6) is -4.90. The van der Waals surface area contributed by atoms with Crippen LogP contribution in [0.25, 0.3) is 0 Å². The number of carboxylic acid groups (broad SMARTS) is 1. The number of piperidine rings is 3. The number of amides is 2. The van der Waals surface area contributed by atoms with E-state index in [1.165, 1.54) is 44.5 Å². The van der Waals surface area contributed by atoms with Gasteiger partial charge in [0.25, 0.3) is 0 Å². The molecule has 105 heavy (non-hydrogen) atoms. The number of carbonyl (C=O) groups is 6. The Balaban J connectivity index is 0.000000139. The van der Waals surface area contributed by atoms with Crippen molar-refractivity contribution >= 4 is 36.0 Å². The highest BCUT2D eigenvalue weighted by Gasteiger charge is 2.59. The minimum Gasteiger partial charge on any atom is -0.477 e. The maximum atomic E-state index is 13.6. The van der Waals surface area contributed by atoms with Crippen LogP contribution < -0.4 is 10.6 Å². The van der Waals surface area contributed by atoms with Crippen molar-refractivity contribution in [2.75, 3.05) is 73.3 Å². The fourth-order valence-electron chi connectivity index (χ4n) is 16.0. The van der Waals surface area contributed by atoms with Crippen LogP contribution in [0, 0.1) is 0 Å². The number of pyridine rings is 3. The van der Waals surface area contributed by atoms with Gasteiger partial charge in [0.2, 0.25) is 0 Å². The molecule has 9 aliphatic rings. The number of likely N-dealkylation sites (tertiary alicyclic amines) is 2. The molecule has 3 saturated carbocycles. The second kappa shape index (κ2) is 33.1. The van der Waals surface area contributed by atoms with Crippen LogP contribution in [0.3, 0.4) is 0 Å². The molecule has 0 radical (unpaired) electrons. The average molecular weight is 1460 g/mol. The first-order valence-corrected chi connectivity index (χ1v) is 35.9. The van der Waals surface area contributed by atoms with E-state index in [0.29, 0.717) is 74.9 Å². The predicted octanol–water partition coefficient (Wildman–Crippen LogP) is 10.5. The van der Waals surface area contributed by atoms with E-state index in [4.69, 9.17) is 19.3 Å². The van der Waals surface area contributed by atoms with Crippen molar-refractivity contribution in [2.45, 2.75) is 173 Å². The second-order valence-electron chi connectivity index (χ2n) is 29.0. The van der Waals surface area contributed by atoms with Crippen LogP contribution in [0.15, 0.2) is 146 Å². The Hall–Kier alpha value is -8.57. The maximum Gasteiger partial charge on any atom is 0.471 e. The number of carbonyl (C=O) groups excluding carboxylic acids is 5. The molecular weight excluding hydrogens is 1370 g/mol. The number of methoxy groups -OCH3 is 2. The van der Waals surface area contributed by atoms with E-state index < -0.39 is 71.8 Å². The Morgan fingerprint density at radius 2 is 0.952 bits per heavy atom. The molecule has 3 aliphatic carbocycles. The van der Waals surface area contributed by atoms with Gasteiger partial charge in [0.1, 0.15) is 17.1 Å². The number of nitrogens with zero attached hydrogens (tertiary/aromatic N) is 7. The number of hydrogen-bond acceptors (Lipinski definition) is 18. The molecule has 9 fully saturated rings. The summed E-state index contributed by atoms with van der Waals surface area (Å²) in [7, 11) is 2.58. The molecule has 6 aliphatic heterocycles. The number of aromatic nitrogens is 3. The molecular formula is C78H89F6N9O12. The molecule has 9 heterocycles. The lowest BCUT2D eigenvalue weighted by Gasteiger charge is -2.39. The Kier molecular flexibility index (Phi) is 24.0. The van der Waals surface area contributed by atoms with Gasteiger partial charge in [-0.1, -0.05) is 103 Å². The highest BCUT2D eigenvalue weighted by atomic mass is 19.4. The number of esters is 2. The van der Waals surface area contributed by atoms with Gasteiger partial charge >= 0.3 is 42.1 Å². The molecule has 3 N–H and O–H groups in total. The molecule has 15 rings (SSSR count). The zero-order chi connectivity index (χ0) is 74.1. The van der Waals surface area contributed by atoms with Gasteiger partial charge < -0.3 is 49.2 Å². The third-order valence-corrected chi connectivity index (χ3v) is 21.9. The third-order valence-electron chi connectivity index (χ3n) is 21.9. The summed E-state index contributed by atoms with van der Waals surface area (Å²) in [6.07, 6.45) is 4.93. The molecule has 9 atom stereocenters. The molecule has 3 unspecified atom stereocenters. The van der Waals surface area contributed by atoms with E-state index in [2.05, 4.69) is 75.2 Å². The molecule has 3 spiro atoms. The molecule has 6 aromatic rings. The molecule has 0 bridgehead atoms. The van der Waals surface area contributed by atoms with Crippen molar-refractivity contribution in [3.63, 3.8) is 0 Å². The fraction of sp³-hybridized carbons (Fsp3) is 0.500. The van der Waals surface area contributed by atoms with E-state index in [-0.39, 0.29) is 53.3 Å². The van der Waals surface area contributed by atoms with Crippen molar-refractivity contribution in [2.24, 2.45) is 0 Å². The van der Waals surface area contributed by atoms with Crippen molar-refractivity contribution in [1.82, 2.24) is 45.2 Å². The zero-order valence-corrected chi connectivity index (χ0v) is 58.7. The van der Waals surface area contributed by atoms with Gasteiger partial charge in [-0.2, -0.15) is 26.3 Å². The van der Waals surface area contributed by atoms with Crippen molar-refractivity contribution < 1.29 is 83.9 Å². The van der Waals surface area contributed by atoms with Crippen LogP contribution in [-0.2, 0) is 46.4 Å². The highest BCUT2D eigenvalue weighted by molar-refractivity contribution is 5.88. The minimum atomic E-state index is -4.92. The summed E-state index contributed by atoms with van der Waals surface area (Å²) in [4.78, 5) is 87.0. The smallest absolute Gasteiger partial charge is 0.471 e. The van der Waals surface area contributed by atoms with Crippen LogP contribution in [-0.4, -0.2) is 214 Å². The van der Waals surface area contributed by atoms with Crippen molar-refractivity contribution in [3.05, 3.63) is 196 Å². The van der Waals surface area contributed by atoms with E-state index in [0.717, 1.165) is 117 Å². The number of benzene rings is 3. The number of rotatable bonds is 17. The van der Waals surface area contributed by atoms with Crippen LogP contribution >= 0.6 is 0 Å². The molecule has 3 aromatic carbocycles. The number of alkyl halides is 6. The second-order valence-corrected chi connectivity index (χ2v) is 29.0. The summed E-state index contributed by atoms with van der Waals surface area (Å²) in [6, 6.07) is 38.7. The minimum absolute atomic E-state index is 0.0212. The van der Waals surface area contributed by atoms with E-state index in [1.54, 1.807) is 24.5 Å². The summed E-state index contributed by atoms with van der Waals surface area (Å²) >= 11 is 0. The van der Waals surface area contributed by atoms with Gasteiger partial charge in [-0.15, -0.1) is 0 Å². The standard InChI is InChI=1S/C27H30F3N3O4.C24H29N3O3.C19H23F3N2O2.C8H7NO3/c1-36-24(34)22-8-7-18(15-31-22)16-32-11-9-26(10-12-32)14-20(17-37-26)33(25(35)27(28,29)30)23-13-21(23)19-5-3-2-4-6-19;28-23(29)21-7-6-17(14-25-21)15-27-10-8-24(9-11-27)13-19(16-30-24)26-22-12-20(22)18-4-2-1-3-5-18;20-19(21,22)17(25)24(16-10-15(16)13-4-2-1-3-5-13)14-11-18(26-12-14)6-8-23-9-7-18;1-12-8(11)7-3-2-6(5-10)4-9-7/h2-8,15,20-21,23H,9-14,16-17H2,1H3;1-7,14,19-20,22,26H,8-13,15-16H2,(H,28,29);1-5,14-16,23H,6-12H2;2-5H,1H3/t20?,21-,23+;19?,20-,22+;14?,15-,16+;/m000./s1. The monoisotopic (exact) mass is 1460 g/mol. The summed E-state index contributed by atoms with van der Waals surface area (Å²) in [5.41, 5.74) is 5.52. The van der Waals surface area contributed by atoms with E-state index in [1.807, 2.05) is 72.8 Å². The van der Waals surface area contributed by atoms with Crippen molar-refractivity contribution in [3.8, 4) is 0 Å². The number of hydrogen-bond donors (Lipinski definition) is 3. The van der Waals surface area contributed by atoms with Crippen LogP contribution in [0.2, 0.25) is 0 Å². The summed E-state index contributed by atoms with van der Waals surface area (Å²) in [5, 5.41) is 16.1. The van der Waals surface area contributed by atoms with Gasteiger partial charge in [-0.05, 0) is 142 Å². The fourth-order valence-corrected chi connectivity index (χ4v) is 16.0. The van der Waals surface area contributed by atoms with E-state index in [9.17, 15) is 55.1 Å². The molecule has 2 amide bonds. The van der Waals surface area contributed by atoms with Crippen LogP contribution in [0.5, 0.6) is 0 Å². The van der Waals surface area contributed by atoms with Gasteiger partial charge in [-0.25, -0.2) is 29.3 Å². The van der Waals surface area contributed by atoms with E-state index >= 15 is 0 Å². The molecule has 21 nitrogen and oxygen atoms in total. The first-order valence-electron chi connectivity index (χ1n) is 35.9. The summed E-state index contributed by atoms with van der Waals surface area (Å²) < 4.78 is 108. The quantitative estimate of drug-likeness (QED) is 0.0436.